The monoisotopic (exact) mass is 695 g/mol. The van der Waals surface area contributed by atoms with E-state index in [9.17, 15) is 19.2 Å². The molecule has 4 aromatic rings. The Morgan fingerprint density at radius 2 is 1.80 bits per heavy atom. The summed E-state index contributed by atoms with van der Waals surface area (Å²) in [7, 11) is 0. The number of aromatic nitrogens is 1. The zero-order valence-electron chi connectivity index (χ0n) is 27.4. The van der Waals surface area contributed by atoms with Crippen LogP contribution in [0.4, 0.5) is 0 Å². The summed E-state index contributed by atoms with van der Waals surface area (Å²) >= 11 is 6.12. The number of fused-ring (bicyclic) bond motifs is 5. The lowest BCUT2D eigenvalue weighted by Gasteiger charge is -2.39. The molecule has 1 saturated carbocycles. The number of halogens is 1. The standard InChI is InChI=1S/C38H38ClN5O6/c39-28-6-1-4-24(16-28)11-14-41-36(46)26-18-27-20-31(19-26)50-30-7-2-5-25(17-30)23-49-34-12-15-43(38(48)32-8-3-13-40-32)21-33(34)42-35(45)22-44(37(27)47)29-9-10-29/h1-8,13,16-20,29,33-34,40H,9-12,14-15,21-23H2,(H,41,46)(H,42,45)/t33-,34+/m1/s1. The van der Waals surface area contributed by atoms with Gasteiger partial charge in [0, 0.05) is 48.0 Å². The van der Waals surface area contributed by atoms with Crippen molar-refractivity contribution in [2.45, 2.75) is 50.5 Å². The molecule has 1 saturated heterocycles. The van der Waals surface area contributed by atoms with Crippen molar-refractivity contribution in [1.29, 1.82) is 0 Å². The van der Waals surface area contributed by atoms with Gasteiger partial charge in [-0.25, -0.2) is 0 Å². The summed E-state index contributed by atoms with van der Waals surface area (Å²) in [5.41, 5.74) is 2.81. The quantitative estimate of drug-likeness (QED) is 0.261. The first-order chi connectivity index (χ1) is 24.3. The first-order valence-electron chi connectivity index (χ1n) is 16.9. The van der Waals surface area contributed by atoms with Crippen molar-refractivity contribution in [3.8, 4) is 11.5 Å². The van der Waals surface area contributed by atoms with Crippen molar-refractivity contribution in [2.24, 2.45) is 0 Å². The minimum Gasteiger partial charge on any atom is -0.457 e. The summed E-state index contributed by atoms with van der Waals surface area (Å²) in [4.78, 5) is 60.6. The third kappa shape index (κ3) is 8.01. The van der Waals surface area contributed by atoms with E-state index in [1.165, 1.54) is 0 Å². The van der Waals surface area contributed by atoms with E-state index in [1.54, 1.807) is 58.5 Å². The molecule has 2 atom stereocenters. The Labute approximate surface area is 294 Å². The van der Waals surface area contributed by atoms with Gasteiger partial charge in [-0.2, -0.15) is 0 Å². The topological polar surface area (TPSA) is 133 Å². The predicted molar refractivity (Wildman–Crippen MR) is 186 cm³/mol. The van der Waals surface area contributed by atoms with Crippen molar-refractivity contribution in [2.75, 3.05) is 26.2 Å². The average Bonchev–Trinajstić information content (AvgIpc) is 3.81. The van der Waals surface area contributed by atoms with Crippen LogP contribution in [0.5, 0.6) is 11.5 Å². The third-order valence-electron chi connectivity index (χ3n) is 9.18. The molecular weight excluding hydrogens is 658 g/mol. The zero-order valence-corrected chi connectivity index (χ0v) is 28.2. The van der Waals surface area contributed by atoms with E-state index in [0.29, 0.717) is 48.1 Å². The number of H-pyrrole nitrogens is 1. The van der Waals surface area contributed by atoms with Gasteiger partial charge in [-0.15, -0.1) is 0 Å². The normalized spacial score (nSPS) is 19.6. The highest BCUT2D eigenvalue weighted by Gasteiger charge is 2.38. The van der Waals surface area contributed by atoms with Crippen LogP contribution >= 0.6 is 11.6 Å². The van der Waals surface area contributed by atoms with Crippen LogP contribution in [0.3, 0.4) is 0 Å². The van der Waals surface area contributed by atoms with Gasteiger partial charge in [-0.3, -0.25) is 19.2 Å². The molecule has 3 aromatic carbocycles. The van der Waals surface area contributed by atoms with Crippen LogP contribution in [0.15, 0.2) is 85.1 Å². The lowest BCUT2D eigenvalue weighted by Crippen LogP contribution is -2.58. The smallest absolute Gasteiger partial charge is 0.270 e. The first-order valence-corrected chi connectivity index (χ1v) is 17.3. The average molecular weight is 696 g/mol. The van der Waals surface area contributed by atoms with Crippen molar-refractivity contribution in [1.82, 2.24) is 25.4 Å². The van der Waals surface area contributed by atoms with Gasteiger partial charge in [0.05, 0.1) is 18.8 Å². The number of likely N-dealkylation sites (tertiary alicyclic amines) is 1. The molecule has 12 heteroatoms. The highest BCUT2D eigenvalue weighted by Crippen LogP contribution is 2.31. The molecule has 3 aliphatic rings. The molecule has 7 rings (SSSR count). The highest BCUT2D eigenvalue weighted by molar-refractivity contribution is 6.30. The van der Waals surface area contributed by atoms with Crippen LogP contribution in [0.1, 0.15) is 61.6 Å². The van der Waals surface area contributed by atoms with E-state index in [4.69, 9.17) is 21.1 Å². The number of nitrogens with zero attached hydrogens (tertiary/aromatic N) is 2. The van der Waals surface area contributed by atoms with Gasteiger partial charge in [0.15, 0.2) is 0 Å². The fourth-order valence-corrected chi connectivity index (χ4v) is 6.69. The summed E-state index contributed by atoms with van der Waals surface area (Å²) in [6.45, 7) is 1.16. The first kappa shape index (κ1) is 33.4. The van der Waals surface area contributed by atoms with Crippen LogP contribution in [-0.4, -0.2) is 82.8 Å². The number of rotatable bonds is 6. The third-order valence-corrected chi connectivity index (χ3v) is 9.41. The van der Waals surface area contributed by atoms with Gasteiger partial charge in [-0.05, 0) is 91.4 Å². The number of amides is 4. The van der Waals surface area contributed by atoms with Crippen LogP contribution in [0.25, 0.3) is 0 Å². The molecule has 4 amide bonds. The van der Waals surface area contributed by atoms with Gasteiger partial charge in [-0.1, -0.05) is 35.9 Å². The summed E-state index contributed by atoms with van der Waals surface area (Å²) in [5.74, 6) is -0.398. The Kier molecular flexibility index (Phi) is 9.86. The minimum atomic E-state index is -0.496. The second-order valence-electron chi connectivity index (χ2n) is 12.9. The van der Waals surface area contributed by atoms with E-state index in [0.717, 1.165) is 24.0 Å². The van der Waals surface area contributed by atoms with Gasteiger partial charge < -0.3 is 34.9 Å². The van der Waals surface area contributed by atoms with E-state index in [-0.39, 0.29) is 66.6 Å². The molecule has 50 heavy (non-hydrogen) atoms. The summed E-state index contributed by atoms with van der Waals surface area (Å²) in [5, 5.41) is 6.65. The van der Waals surface area contributed by atoms with Gasteiger partial charge >= 0.3 is 0 Å². The molecule has 4 bridgehead atoms. The fraction of sp³-hybridized carbons (Fsp3) is 0.316. The van der Waals surface area contributed by atoms with E-state index < -0.39 is 6.04 Å². The van der Waals surface area contributed by atoms with Crippen molar-refractivity contribution < 1.29 is 28.7 Å². The number of hydrogen-bond donors (Lipinski definition) is 3. The van der Waals surface area contributed by atoms with Crippen molar-refractivity contribution in [3.05, 3.63) is 118 Å². The van der Waals surface area contributed by atoms with Gasteiger partial charge in [0.1, 0.15) is 23.7 Å². The van der Waals surface area contributed by atoms with Crippen LogP contribution in [0, 0.1) is 0 Å². The molecular formula is C38H38ClN5O6. The number of carbonyl (C=O) groups is 4. The number of carbonyl (C=O) groups excluding carboxylic acids is 4. The Morgan fingerprint density at radius 1 is 0.940 bits per heavy atom. The van der Waals surface area contributed by atoms with Gasteiger partial charge in [0.25, 0.3) is 17.7 Å². The van der Waals surface area contributed by atoms with Gasteiger partial charge in [0.2, 0.25) is 5.91 Å². The Bertz CT molecular complexity index is 1890. The highest BCUT2D eigenvalue weighted by atomic mass is 35.5. The molecule has 0 unspecified atom stereocenters. The second kappa shape index (κ2) is 14.8. The summed E-state index contributed by atoms with van der Waals surface area (Å²) < 4.78 is 12.6. The van der Waals surface area contributed by atoms with E-state index in [2.05, 4.69) is 15.6 Å². The molecule has 3 N–H and O–H groups in total. The molecule has 3 heterocycles. The van der Waals surface area contributed by atoms with E-state index >= 15 is 0 Å². The summed E-state index contributed by atoms with van der Waals surface area (Å²) in [6.07, 6.45) is 3.98. The predicted octanol–water partition coefficient (Wildman–Crippen LogP) is 4.97. The largest absolute Gasteiger partial charge is 0.457 e. The molecule has 0 spiro atoms. The number of ether oxygens (including phenoxy) is 2. The number of aromatic amines is 1. The Morgan fingerprint density at radius 3 is 2.60 bits per heavy atom. The van der Waals surface area contributed by atoms with Crippen molar-refractivity contribution >= 4 is 35.2 Å². The maximum Gasteiger partial charge on any atom is 0.270 e. The van der Waals surface area contributed by atoms with Crippen LogP contribution in [0.2, 0.25) is 5.02 Å². The second-order valence-corrected chi connectivity index (χ2v) is 13.4. The Hall–Kier alpha value is -5.13. The van der Waals surface area contributed by atoms with Crippen molar-refractivity contribution in [3.63, 3.8) is 0 Å². The molecule has 11 nitrogen and oxygen atoms in total. The maximum atomic E-state index is 14.1. The Balaban J connectivity index is 1.15. The fourth-order valence-electron chi connectivity index (χ4n) is 6.48. The lowest BCUT2D eigenvalue weighted by atomic mass is 10.0. The molecule has 0 radical (unpaired) electrons. The molecule has 2 aliphatic heterocycles. The van der Waals surface area contributed by atoms with E-state index in [1.807, 2.05) is 36.4 Å². The van der Waals surface area contributed by atoms with Crippen LogP contribution in [-0.2, 0) is 22.6 Å². The SMILES string of the molecule is O=C1CN(C2CC2)C(=O)c2cc(cc(C(=O)NCCc3cccc(Cl)c3)c2)Oc2cccc(c2)CO[C@H]2CCN(C(=O)c3ccc[nH]3)C[C@H]2N1. The van der Waals surface area contributed by atoms with Crippen LogP contribution < -0.4 is 15.4 Å². The molecule has 2 fully saturated rings. The maximum absolute atomic E-state index is 14.1. The lowest BCUT2D eigenvalue weighted by molar-refractivity contribution is -0.125. The molecule has 258 valence electrons. The number of piperidine rings is 1. The number of benzene rings is 3. The molecule has 1 aromatic heterocycles. The zero-order chi connectivity index (χ0) is 34.6. The molecule has 1 aliphatic carbocycles. The summed E-state index contributed by atoms with van der Waals surface area (Å²) in [6, 6.07) is 22.5. The number of hydrogen-bond acceptors (Lipinski definition) is 6. The number of nitrogens with one attached hydrogen (secondary N) is 3. The minimum absolute atomic E-state index is 0.104.